The van der Waals surface area contributed by atoms with Crippen LogP contribution in [0.3, 0.4) is 0 Å². The minimum atomic E-state index is 0.0443. The number of rotatable bonds is 4. The summed E-state index contributed by atoms with van der Waals surface area (Å²) in [5, 5.41) is 5.83. The zero-order chi connectivity index (χ0) is 12.9. The number of carbonyl (C=O) groups is 1. The van der Waals surface area contributed by atoms with Crippen LogP contribution in [0.4, 0.5) is 5.69 Å². The molecule has 0 atom stereocenters. The quantitative estimate of drug-likeness (QED) is 0.840. The third-order valence-corrected chi connectivity index (χ3v) is 2.64. The Morgan fingerprint density at radius 1 is 1.18 bits per heavy atom. The van der Waals surface area contributed by atoms with E-state index in [1.54, 1.807) is 0 Å². The van der Waals surface area contributed by atoms with Gasteiger partial charge in [0, 0.05) is 18.7 Å². The van der Waals surface area contributed by atoms with Crippen LogP contribution in [0.2, 0.25) is 0 Å². The first kappa shape index (κ1) is 13.7. The van der Waals surface area contributed by atoms with E-state index in [0.29, 0.717) is 13.0 Å². The number of nitrogens with one attached hydrogen (secondary N) is 2. The summed E-state index contributed by atoms with van der Waals surface area (Å²) in [6.45, 7) is 7.22. The molecule has 1 amide bonds. The first-order valence-electron chi connectivity index (χ1n) is 5.98. The SMILES string of the molecule is CNCCC(=O)Nc1ccc(C(C)(C)C)cc1. The van der Waals surface area contributed by atoms with E-state index in [4.69, 9.17) is 0 Å². The molecule has 0 heterocycles. The molecule has 0 aliphatic rings. The maximum Gasteiger partial charge on any atom is 0.225 e. The molecule has 0 aliphatic heterocycles. The third kappa shape index (κ3) is 4.57. The molecule has 1 aromatic rings. The standard InChI is InChI=1S/C14H22N2O/c1-14(2,3)11-5-7-12(8-6-11)16-13(17)9-10-15-4/h5-8,15H,9-10H2,1-4H3,(H,16,17). The van der Waals surface area contributed by atoms with Gasteiger partial charge in [-0.2, -0.15) is 0 Å². The Morgan fingerprint density at radius 3 is 2.24 bits per heavy atom. The lowest BCUT2D eigenvalue weighted by Crippen LogP contribution is -2.18. The van der Waals surface area contributed by atoms with Crippen LogP contribution in [0.15, 0.2) is 24.3 Å². The molecule has 0 spiro atoms. The van der Waals surface area contributed by atoms with Gasteiger partial charge >= 0.3 is 0 Å². The molecule has 0 saturated heterocycles. The lowest BCUT2D eigenvalue weighted by atomic mass is 9.87. The van der Waals surface area contributed by atoms with Crippen LogP contribution >= 0.6 is 0 Å². The predicted octanol–water partition coefficient (Wildman–Crippen LogP) is 2.53. The fourth-order valence-electron chi connectivity index (χ4n) is 1.52. The average Bonchev–Trinajstić information content (AvgIpc) is 2.26. The van der Waals surface area contributed by atoms with Gasteiger partial charge < -0.3 is 10.6 Å². The number of carbonyl (C=O) groups excluding carboxylic acids is 1. The molecule has 94 valence electrons. The van der Waals surface area contributed by atoms with E-state index in [9.17, 15) is 4.79 Å². The van der Waals surface area contributed by atoms with Gasteiger partial charge in [-0.15, -0.1) is 0 Å². The van der Waals surface area contributed by atoms with Crippen molar-refractivity contribution in [3.05, 3.63) is 29.8 Å². The molecule has 2 N–H and O–H groups in total. The molecule has 1 aromatic carbocycles. The number of amides is 1. The van der Waals surface area contributed by atoms with E-state index >= 15 is 0 Å². The maximum atomic E-state index is 11.5. The van der Waals surface area contributed by atoms with Gasteiger partial charge in [-0.25, -0.2) is 0 Å². The summed E-state index contributed by atoms with van der Waals surface area (Å²) in [5.74, 6) is 0.0443. The molecule has 0 aromatic heterocycles. The van der Waals surface area contributed by atoms with Crippen molar-refractivity contribution in [2.75, 3.05) is 18.9 Å². The first-order valence-corrected chi connectivity index (χ1v) is 5.98. The van der Waals surface area contributed by atoms with Gasteiger partial charge in [-0.05, 0) is 30.2 Å². The number of hydrogen-bond acceptors (Lipinski definition) is 2. The summed E-state index contributed by atoms with van der Waals surface area (Å²) in [6, 6.07) is 8.04. The Bertz CT molecular complexity index is 363. The summed E-state index contributed by atoms with van der Waals surface area (Å²) in [7, 11) is 1.84. The highest BCUT2D eigenvalue weighted by atomic mass is 16.1. The van der Waals surface area contributed by atoms with Crippen molar-refractivity contribution in [2.45, 2.75) is 32.6 Å². The van der Waals surface area contributed by atoms with Gasteiger partial charge in [0.25, 0.3) is 0 Å². The number of benzene rings is 1. The van der Waals surface area contributed by atoms with E-state index in [0.717, 1.165) is 5.69 Å². The topological polar surface area (TPSA) is 41.1 Å². The summed E-state index contributed by atoms with van der Waals surface area (Å²) in [4.78, 5) is 11.5. The largest absolute Gasteiger partial charge is 0.326 e. The second-order valence-electron chi connectivity index (χ2n) is 5.23. The van der Waals surface area contributed by atoms with Crippen molar-refractivity contribution >= 4 is 11.6 Å². The van der Waals surface area contributed by atoms with Gasteiger partial charge in [0.15, 0.2) is 0 Å². The summed E-state index contributed by atoms with van der Waals surface area (Å²) in [6.07, 6.45) is 0.498. The zero-order valence-electron chi connectivity index (χ0n) is 11.1. The van der Waals surface area contributed by atoms with Gasteiger partial charge in [-0.3, -0.25) is 4.79 Å². The highest BCUT2D eigenvalue weighted by molar-refractivity contribution is 5.90. The van der Waals surface area contributed by atoms with Crippen LogP contribution in [0.25, 0.3) is 0 Å². The molecule has 0 saturated carbocycles. The number of hydrogen-bond donors (Lipinski definition) is 2. The molecule has 0 fully saturated rings. The normalized spacial score (nSPS) is 11.3. The molecule has 3 heteroatoms. The monoisotopic (exact) mass is 234 g/mol. The lowest BCUT2D eigenvalue weighted by molar-refractivity contribution is -0.116. The van der Waals surface area contributed by atoms with Gasteiger partial charge in [0.05, 0.1) is 0 Å². The predicted molar refractivity (Wildman–Crippen MR) is 72.3 cm³/mol. The van der Waals surface area contributed by atoms with Crippen molar-refractivity contribution < 1.29 is 4.79 Å². The fraction of sp³-hybridized carbons (Fsp3) is 0.500. The third-order valence-electron chi connectivity index (χ3n) is 2.64. The molecule has 3 nitrogen and oxygen atoms in total. The lowest BCUT2D eigenvalue weighted by Gasteiger charge is -2.19. The molecule has 17 heavy (non-hydrogen) atoms. The van der Waals surface area contributed by atoms with E-state index in [1.807, 2.05) is 19.2 Å². The summed E-state index contributed by atoms with van der Waals surface area (Å²) < 4.78 is 0. The average molecular weight is 234 g/mol. The molecule has 0 bridgehead atoms. The first-order chi connectivity index (χ1) is 7.93. The van der Waals surface area contributed by atoms with Crippen LogP contribution < -0.4 is 10.6 Å². The van der Waals surface area contributed by atoms with Crippen LogP contribution in [-0.4, -0.2) is 19.5 Å². The van der Waals surface area contributed by atoms with Crippen LogP contribution in [0, 0.1) is 0 Å². The Morgan fingerprint density at radius 2 is 1.76 bits per heavy atom. The molecular formula is C14H22N2O. The van der Waals surface area contributed by atoms with Crippen molar-refractivity contribution in [3.8, 4) is 0 Å². The minimum absolute atomic E-state index is 0.0443. The zero-order valence-corrected chi connectivity index (χ0v) is 11.1. The molecule has 0 radical (unpaired) electrons. The minimum Gasteiger partial charge on any atom is -0.326 e. The van der Waals surface area contributed by atoms with Crippen molar-refractivity contribution in [1.29, 1.82) is 0 Å². The van der Waals surface area contributed by atoms with Crippen LogP contribution in [0.5, 0.6) is 0 Å². The Balaban J connectivity index is 2.60. The van der Waals surface area contributed by atoms with E-state index in [1.165, 1.54) is 5.56 Å². The van der Waals surface area contributed by atoms with Crippen molar-refractivity contribution in [3.63, 3.8) is 0 Å². The smallest absolute Gasteiger partial charge is 0.225 e. The number of anilines is 1. The maximum absolute atomic E-state index is 11.5. The highest BCUT2D eigenvalue weighted by Crippen LogP contribution is 2.23. The molecule has 0 aliphatic carbocycles. The van der Waals surface area contributed by atoms with E-state index < -0.39 is 0 Å². The van der Waals surface area contributed by atoms with E-state index in [2.05, 4.69) is 43.5 Å². The fourth-order valence-corrected chi connectivity index (χ4v) is 1.52. The van der Waals surface area contributed by atoms with Gasteiger partial charge in [0.2, 0.25) is 5.91 Å². The van der Waals surface area contributed by atoms with Crippen LogP contribution in [0.1, 0.15) is 32.8 Å². The Labute approximate surface area is 104 Å². The molecule has 0 unspecified atom stereocenters. The highest BCUT2D eigenvalue weighted by Gasteiger charge is 2.12. The second-order valence-corrected chi connectivity index (χ2v) is 5.23. The molecule has 1 rings (SSSR count). The summed E-state index contributed by atoms with van der Waals surface area (Å²) in [5.41, 5.74) is 2.28. The van der Waals surface area contributed by atoms with Crippen molar-refractivity contribution in [2.24, 2.45) is 0 Å². The van der Waals surface area contributed by atoms with Crippen LogP contribution in [-0.2, 0) is 10.2 Å². The summed E-state index contributed by atoms with van der Waals surface area (Å²) >= 11 is 0. The van der Waals surface area contributed by atoms with Crippen molar-refractivity contribution in [1.82, 2.24) is 5.32 Å². The van der Waals surface area contributed by atoms with Gasteiger partial charge in [-0.1, -0.05) is 32.9 Å². The Hall–Kier alpha value is -1.35. The second kappa shape index (κ2) is 5.82. The van der Waals surface area contributed by atoms with E-state index in [-0.39, 0.29) is 11.3 Å². The van der Waals surface area contributed by atoms with Gasteiger partial charge in [0.1, 0.15) is 0 Å². The molecular weight excluding hydrogens is 212 g/mol. The Kier molecular flexibility index (Phi) is 4.70.